The Labute approximate surface area is 91.7 Å². The maximum Gasteiger partial charge on any atom is 0.311 e. The van der Waals surface area contributed by atoms with Crippen LogP contribution < -0.4 is 5.73 Å². The fourth-order valence-electron chi connectivity index (χ4n) is 2.25. The Kier molecular flexibility index (Phi) is 4.82. The third-order valence-electron chi connectivity index (χ3n) is 3.20. The van der Waals surface area contributed by atoms with E-state index in [2.05, 4.69) is 0 Å². The minimum Gasteiger partial charge on any atom is -0.435 e. The first-order valence-electron chi connectivity index (χ1n) is 5.73. The number of hydrogen-bond acceptors (Lipinski definition) is 3. The molecule has 86 valence electrons. The van der Waals surface area contributed by atoms with E-state index in [1.54, 1.807) is 6.08 Å². The molecule has 3 heteroatoms. The molecule has 0 unspecified atom stereocenters. The number of rotatable bonds is 4. The third-order valence-corrected chi connectivity index (χ3v) is 3.20. The number of hydrogen-bond donors (Lipinski definition) is 1. The van der Waals surface area contributed by atoms with Gasteiger partial charge >= 0.3 is 5.97 Å². The third kappa shape index (κ3) is 3.67. The van der Waals surface area contributed by atoms with Crippen molar-refractivity contribution in [1.29, 1.82) is 0 Å². The highest BCUT2D eigenvalue weighted by atomic mass is 16.5. The first-order chi connectivity index (χ1) is 7.22. The number of carbonyl (C=O) groups excluding carboxylic acids is 1. The number of nitrogens with two attached hydrogens (primary N) is 1. The molecule has 0 heterocycles. The summed E-state index contributed by atoms with van der Waals surface area (Å²) in [5, 5.41) is 0. The number of esters is 1. The van der Waals surface area contributed by atoms with Gasteiger partial charge in [0.05, 0.1) is 12.7 Å². The van der Waals surface area contributed by atoms with Gasteiger partial charge in [0.1, 0.15) is 0 Å². The maximum atomic E-state index is 11.5. The van der Waals surface area contributed by atoms with E-state index in [-0.39, 0.29) is 11.4 Å². The Balaban J connectivity index is 2.47. The van der Waals surface area contributed by atoms with E-state index in [1.165, 1.54) is 25.5 Å². The summed E-state index contributed by atoms with van der Waals surface area (Å²) in [5.41, 5.74) is 5.80. The van der Waals surface area contributed by atoms with Crippen molar-refractivity contribution in [3.63, 3.8) is 0 Å². The van der Waals surface area contributed by atoms with Crippen molar-refractivity contribution in [2.24, 2.45) is 11.1 Å². The molecule has 0 spiro atoms. The molecule has 0 amide bonds. The van der Waals surface area contributed by atoms with Crippen molar-refractivity contribution in [1.82, 2.24) is 0 Å². The van der Waals surface area contributed by atoms with Gasteiger partial charge in [-0.3, -0.25) is 4.79 Å². The Morgan fingerprint density at radius 3 is 2.60 bits per heavy atom. The van der Waals surface area contributed by atoms with Gasteiger partial charge in [-0.2, -0.15) is 0 Å². The lowest BCUT2D eigenvalue weighted by Crippen LogP contribution is -2.35. The smallest absolute Gasteiger partial charge is 0.311 e. The van der Waals surface area contributed by atoms with E-state index in [9.17, 15) is 4.79 Å². The molecule has 0 radical (unpaired) electrons. The van der Waals surface area contributed by atoms with Gasteiger partial charge in [-0.25, -0.2) is 0 Å². The van der Waals surface area contributed by atoms with Gasteiger partial charge in [0.2, 0.25) is 0 Å². The molecule has 2 N–H and O–H groups in total. The fraction of sp³-hybridized carbons (Fsp3) is 0.750. The highest BCUT2D eigenvalue weighted by Gasteiger charge is 2.33. The van der Waals surface area contributed by atoms with Crippen LogP contribution in [0.2, 0.25) is 0 Å². The van der Waals surface area contributed by atoms with Gasteiger partial charge in [-0.05, 0) is 31.7 Å². The topological polar surface area (TPSA) is 52.3 Å². The average molecular weight is 211 g/mol. The van der Waals surface area contributed by atoms with Crippen LogP contribution >= 0.6 is 0 Å². The second-order valence-electron chi connectivity index (χ2n) is 4.40. The molecule has 0 saturated heterocycles. The molecule has 1 aliphatic carbocycles. The first kappa shape index (κ1) is 12.2. The van der Waals surface area contributed by atoms with E-state index in [0.29, 0.717) is 13.0 Å². The molecule has 0 aliphatic heterocycles. The number of allylic oxidation sites excluding steroid dienone is 1. The summed E-state index contributed by atoms with van der Waals surface area (Å²) < 4.78 is 4.95. The van der Waals surface area contributed by atoms with Gasteiger partial charge in [0.15, 0.2) is 0 Å². The van der Waals surface area contributed by atoms with Crippen LogP contribution in [0.15, 0.2) is 12.3 Å². The molecule has 15 heavy (non-hydrogen) atoms. The van der Waals surface area contributed by atoms with Crippen molar-refractivity contribution in [3.8, 4) is 0 Å². The zero-order valence-corrected chi connectivity index (χ0v) is 9.50. The zero-order valence-electron chi connectivity index (χ0n) is 9.50. The lowest BCUT2D eigenvalue weighted by molar-refractivity contribution is -0.141. The molecule has 0 atom stereocenters. The summed E-state index contributed by atoms with van der Waals surface area (Å²) >= 11 is 0. The summed E-state index contributed by atoms with van der Waals surface area (Å²) in [6.45, 7) is 2.42. The largest absolute Gasteiger partial charge is 0.435 e. The SMILES string of the molecule is C/C=C/OC(=O)CC1(CN)CCCCC1. The molecule has 1 aliphatic rings. The molecule has 1 rings (SSSR count). The van der Waals surface area contributed by atoms with Crippen molar-refractivity contribution in [3.05, 3.63) is 12.3 Å². The lowest BCUT2D eigenvalue weighted by atomic mass is 9.72. The van der Waals surface area contributed by atoms with Crippen LogP contribution in [0.1, 0.15) is 45.4 Å². The molecule has 1 saturated carbocycles. The van der Waals surface area contributed by atoms with Gasteiger partial charge in [-0.15, -0.1) is 0 Å². The molecule has 0 aromatic carbocycles. The average Bonchev–Trinajstić information content (AvgIpc) is 2.27. The highest BCUT2D eigenvalue weighted by molar-refractivity contribution is 5.71. The second-order valence-corrected chi connectivity index (χ2v) is 4.40. The summed E-state index contributed by atoms with van der Waals surface area (Å²) in [7, 11) is 0. The van der Waals surface area contributed by atoms with Crippen LogP contribution in [0, 0.1) is 5.41 Å². The molecular weight excluding hydrogens is 190 g/mol. The number of carbonyl (C=O) groups is 1. The predicted molar refractivity (Wildman–Crippen MR) is 60.1 cm³/mol. The number of ether oxygens (including phenoxy) is 1. The van der Waals surface area contributed by atoms with E-state index in [1.807, 2.05) is 6.92 Å². The highest BCUT2D eigenvalue weighted by Crippen LogP contribution is 2.38. The van der Waals surface area contributed by atoms with Crippen LogP contribution in [-0.2, 0) is 9.53 Å². The monoisotopic (exact) mass is 211 g/mol. The lowest BCUT2D eigenvalue weighted by Gasteiger charge is -2.35. The van der Waals surface area contributed by atoms with E-state index in [0.717, 1.165) is 12.8 Å². The van der Waals surface area contributed by atoms with Gasteiger partial charge in [-0.1, -0.05) is 25.3 Å². The summed E-state index contributed by atoms with van der Waals surface area (Å²) in [4.78, 5) is 11.5. The van der Waals surface area contributed by atoms with Gasteiger partial charge in [0.25, 0.3) is 0 Å². The van der Waals surface area contributed by atoms with Gasteiger partial charge < -0.3 is 10.5 Å². The molecule has 1 fully saturated rings. The van der Waals surface area contributed by atoms with Crippen molar-refractivity contribution >= 4 is 5.97 Å². The zero-order chi connectivity index (χ0) is 11.1. The van der Waals surface area contributed by atoms with Crippen LogP contribution in [0.4, 0.5) is 0 Å². The Bertz CT molecular complexity index is 230. The summed E-state index contributed by atoms with van der Waals surface area (Å²) in [5.74, 6) is -0.152. The standard InChI is InChI=1S/C12H21NO2/c1-2-8-15-11(14)9-12(10-13)6-4-3-5-7-12/h2,8H,3-7,9-10,13H2,1H3/b8-2+. The van der Waals surface area contributed by atoms with E-state index >= 15 is 0 Å². The summed E-state index contributed by atoms with van der Waals surface area (Å²) in [6.07, 6.45) is 9.40. The van der Waals surface area contributed by atoms with Crippen LogP contribution in [0.25, 0.3) is 0 Å². The quantitative estimate of drug-likeness (QED) is 0.573. The first-order valence-corrected chi connectivity index (χ1v) is 5.73. The van der Waals surface area contributed by atoms with Crippen molar-refractivity contribution in [2.45, 2.75) is 45.4 Å². The Hall–Kier alpha value is -0.830. The second kappa shape index (κ2) is 5.91. The van der Waals surface area contributed by atoms with Crippen LogP contribution in [0.5, 0.6) is 0 Å². The van der Waals surface area contributed by atoms with Crippen LogP contribution in [-0.4, -0.2) is 12.5 Å². The van der Waals surface area contributed by atoms with E-state index in [4.69, 9.17) is 10.5 Å². The molecule has 0 bridgehead atoms. The van der Waals surface area contributed by atoms with Crippen molar-refractivity contribution in [2.75, 3.05) is 6.54 Å². The molecule has 0 aromatic rings. The Morgan fingerprint density at radius 1 is 1.40 bits per heavy atom. The van der Waals surface area contributed by atoms with Crippen molar-refractivity contribution < 1.29 is 9.53 Å². The van der Waals surface area contributed by atoms with Gasteiger partial charge in [0, 0.05) is 0 Å². The molecule has 0 aromatic heterocycles. The Morgan fingerprint density at radius 2 is 2.07 bits per heavy atom. The minimum absolute atomic E-state index is 0.0108. The van der Waals surface area contributed by atoms with E-state index < -0.39 is 0 Å². The maximum absolute atomic E-state index is 11.5. The normalized spacial score (nSPS) is 20.4. The van der Waals surface area contributed by atoms with Crippen LogP contribution in [0.3, 0.4) is 0 Å². The molecular formula is C12H21NO2. The summed E-state index contributed by atoms with van der Waals surface area (Å²) in [6, 6.07) is 0. The fourth-order valence-corrected chi connectivity index (χ4v) is 2.25. The minimum atomic E-state index is -0.152. The molecule has 3 nitrogen and oxygen atoms in total. The predicted octanol–water partition coefficient (Wildman–Crippen LogP) is 2.36.